The molecular weight excluding hydrogens is 236 g/mol. The van der Waals surface area contributed by atoms with Gasteiger partial charge in [0.25, 0.3) is 0 Å². The van der Waals surface area contributed by atoms with Crippen molar-refractivity contribution in [1.29, 1.82) is 0 Å². The van der Waals surface area contributed by atoms with Crippen LogP contribution in [0, 0.1) is 0 Å². The summed E-state index contributed by atoms with van der Waals surface area (Å²) in [5, 5.41) is 1.78. The number of thiol groups is 2. The van der Waals surface area contributed by atoms with E-state index in [1.54, 1.807) is 0 Å². The van der Waals surface area contributed by atoms with Crippen LogP contribution in [0.15, 0.2) is 0 Å². The average molecular weight is 257 g/mol. The van der Waals surface area contributed by atoms with Gasteiger partial charge < -0.3 is 0 Å². The van der Waals surface area contributed by atoms with Crippen LogP contribution in [0.25, 0.3) is 0 Å². The molecule has 0 saturated heterocycles. The highest BCUT2D eigenvalue weighted by molar-refractivity contribution is 8.04. The molecule has 13 heavy (non-hydrogen) atoms. The summed E-state index contributed by atoms with van der Waals surface area (Å²) in [5.74, 6) is 3.54. The quantitative estimate of drug-likeness (QED) is 0.669. The Labute approximate surface area is 102 Å². The third-order valence-electron chi connectivity index (χ3n) is 1.33. The monoisotopic (exact) mass is 256 g/mol. The van der Waals surface area contributed by atoms with Crippen molar-refractivity contribution < 1.29 is 0 Å². The van der Waals surface area contributed by atoms with Gasteiger partial charge in [-0.2, -0.15) is 48.8 Å². The largest absolute Gasteiger partial charge is 0.175 e. The lowest BCUT2D eigenvalue weighted by Crippen LogP contribution is -2.07. The second kappa shape index (κ2) is 8.69. The molecule has 0 saturated carbocycles. The van der Waals surface area contributed by atoms with Crippen molar-refractivity contribution in [2.45, 2.75) is 36.5 Å². The lowest BCUT2D eigenvalue weighted by molar-refractivity contribution is 1.08. The van der Waals surface area contributed by atoms with Gasteiger partial charge in [0, 0.05) is 33.0 Å². The summed E-state index contributed by atoms with van der Waals surface area (Å²) in [7, 11) is 0. The maximum Gasteiger partial charge on any atom is 0.0110 e. The number of hydrogen-bond donors (Lipinski definition) is 2. The topological polar surface area (TPSA) is 0 Å². The Bertz CT molecular complexity index is 114. The highest BCUT2D eigenvalue weighted by Crippen LogP contribution is 2.19. The molecular formula is C9H20S4. The maximum atomic E-state index is 4.36. The molecule has 0 amide bonds. The van der Waals surface area contributed by atoms with Crippen molar-refractivity contribution >= 4 is 48.8 Å². The van der Waals surface area contributed by atoms with Crippen LogP contribution in [0.3, 0.4) is 0 Å². The molecule has 0 aromatic rings. The Kier molecular flexibility index (Phi) is 9.62. The van der Waals surface area contributed by atoms with Gasteiger partial charge in [-0.3, -0.25) is 0 Å². The average Bonchev–Trinajstić information content (AvgIpc) is 2.00. The Balaban J connectivity index is 3.25. The predicted octanol–water partition coefficient (Wildman–Crippen LogP) is 3.48. The molecule has 0 radical (unpaired) electrons. The first-order valence-corrected chi connectivity index (χ1v) is 7.81. The Hall–Kier alpha value is 1.40. The van der Waals surface area contributed by atoms with Gasteiger partial charge in [-0.1, -0.05) is 20.8 Å². The van der Waals surface area contributed by atoms with Gasteiger partial charge in [0.05, 0.1) is 0 Å². The van der Waals surface area contributed by atoms with Crippen LogP contribution in [0.1, 0.15) is 20.8 Å². The zero-order valence-corrected chi connectivity index (χ0v) is 12.0. The van der Waals surface area contributed by atoms with E-state index in [1.807, 2.05) is 23.5 Å². The summed E-state index contributed by atoms with van der Waals surface area (Å²) in [6.45, 7) is 6.58. The molecule has 0 aliphatic heterocycles. The molecule has 0 rings (SSSR count). The van der Waals surface area contributed by atoms with E-state index in [0.717, 1.165) is 16.8 Å². The Morgan fingerprint density at radius 1 is 0.923 bits per heavy atom. The first-order valence-electron chi connectivity index (χ1n) is 4.57. The minimum atomic E-state index is 0.515. The summed E-state index contributed by atoms with van der Waals surface area (Å²) >= 11 is 12.7. The zero-order chi connectivity index (χ0) is 10.3. The molecule has 4 heteroatoms. The molecule has 0 aliphatic rings. The first-order chi connectivity index (χ1) is 6.02. The summed E-state index contributed by atoms with van der Waals surface area (Å²) in [6.07, 6.45) is 0. The maximum absolute atomic E-state index is 4.36. The molecule has 0 spiro atoms. The Morgan fingerprint density at radius 2 is 1.46 bits per heavy atom. The van der Waals surface area contributed by atoms with E-state index in [1.165, 1.54) is 5.75 Å². The van der Waals surface area contributed by atoms with Gasteiger partial charge in [-0.25, -0.2) is 0 Å². The molecule has 0 aliphatic carbocycles. The van der Waals surface area contributed by atoms with E-state index in [2.05, 4.69) is 46.0 Å². The van der Waals surface area contributed by atoms with E-state index in [0.29, 0.717) is 10.5 Å². The fourth-order valence-corrected chi connectivity index (χ4v) is 3.42. The van der Waals surface area contributed by atoms with E-state index in [9.17, 15) is 0 Å². The molecule has 0 fully saturated rings. The summed E-state index contributed by atoms with van der Waals surface area (Å²) in [5.41, 5.74) is 0. The molecule has 0 N–H and O–H groups in total. The summed E-state index contributed by atoms with van der Waals surface area (Å²) < 4.78 is 0. The number of rotatable bonds is 7. The molecule has 0 heterocycles. The molecule has 80 valence electrons. The first kappa shape index (κ1) is 14.4. The van der Waals surface area contributed by atoms with E-state index >= 15 is 0 Å². The molecule has 0 nitrogen and oxygen atoms in total. The van der Waals surface area contributed by atoms with E-state index in [4.69, 9.17) is 0 Å². The molecule has 0 aromatic heterocycles. The fraction of sp³-hybridized carbons (Fsp3) is 1.00. The van der Waals surface area contributed by atoms with Crippen LogP contribution in [0.2, 0.25) is 0 Å². The van der Waals surface area contributed by atoms with Crippen molar-refractivity contribution in [3.05, 3.63) is 0 Å². The third-order valence-corrected chi connectivity index (χ3v) is 5.30. The minimum absolute atomic E-state index is 0.515. The van der Waals surface area contributed by atoms with Crippen molar-refractivity contribution in [3.8, 4) is 0 Å². The van der Waals surface area contributed by atoms with Crippen LogP contribution in [-0.4, -0.2) is 33.0 Å². The van der Waals surface area contributed by atoms with Gasteiger partial charge >= 0.3 is 0 Å². The Morgan fingerprint density at radius 3 is 1.92 bits per heavy atom. The van der Waals surface area contributed by atoms with Gasteiger partial charge in [0.15, 0.2) is 0 Å². The van der Waals surface area contributed by atoms with Crippen LogP contribution in [0.5, 0.6) is 0 Å². The van der Waals surface area contributed by atoms with Gasteiger partial charge in [-0.05, 0) is 0 Å². The van der Waals surface area contributed by atoms with Gasteiger partial charge in [0.1, 0.15) is 0 Å². The van der Waals surface area contributed by atoms with Crippen LogP contribution < -0.4 is 0 Å². The van der Waals surface area contributed by atoms with Crippen LogP contribution >= 0.6 is 48.8 Å². The lowest BCUT2D eigenvalue weighted by atomic mass is 10.5. The normalized spacial score (nSPS) is 18.2. The predicted molar refractivity (Wildman–Crippen MR) is 76.1 cm³/mol. The van der Waals surface area contributed by atoms with Crippen molar-refractivity contribution in [1.82, 2.24) is 0 Å². The van der Waals surface area contributed by atoms with Gasteiger partial charge in [-0.15, -0.1) is 0 Å². The SMILES string of the molecule is CC(S)CSCC(C)SCC(C)S. The number of thioether (sulfide) groups is 2. The summed E-state index contributed by atoms with van der Waals surface area (Å²) in [6, 6.07) is 0. The van der Waals surface area contributed by atoms with Crippen molar-refractivity contribution in [2.24, 2.45) is 0 Å². The van der Waals surface area contributed by atoms with Gasteiger partial charge in [0.2, 0.25) is 0 Å². The standard InChI is InChI=1S/C9H20S4/c1-7(10)4-12-6-9(3)13-5-8(2)11/h7-11H,4-6H2,1-3H3. The van der Waals surface area contributed by atoms with E-state index < -0.39 is 0 Å². The van der Waals surface area contributed by atoms with Crippen molar-refractivity contribution in [2.75, 3.05) is 17.3 Å². The van der Waals surface area contributed by atoms with E-state index in [-0.39, 0.29) is 0 Å². The van der Waals surface area contributed by atoms with Crippen LogP contribution in [-0.2, 0) is 0 Å². The lowest BCUT2D eigenvalue weighted by Gasteiger charge is -2.12. The highest BCUT2D eigenvalue weighted by Gasteiger charge is 2.05. The minimum Gasteiger partial charge on any atom is -0.175 e. The van der Waals surface area contributed by atoms with Crippen LogP contribution in [0.4, 0.5) is 0 Å². The molecule has 0 aromatic carbocycles. The molecule has 0 bridgehead atoms. The highest BCUT2D eigenvalue weighted by atomic mass is 32.2. The molecule has 3 atom stereocenters. The van der Waals surface area contributed by atoms with Crippen molar-refractivity contribution in [3.63, 3.8) is 0 Å². The number of hydrogen-bond acceptors (Lipinski definition) is 4. The fourth-order valence-electron chi connectivity index (χ4n) is 0.756. The summed E-state index contributed by atoms with van der Waals surface area (Å²) in [4.78, 5) is 0. The zero-order valence-electron chi connectivity index (χ0n) is 8.56. The second-order valence-corrected chi connectivity index (χ2v) is 7.69. The second-order valence-electron chi connectivity index (χ2n) is 3.38. The smallest absolute Gasteiger partial charge is 0.0110 e. The third kappa shape index (κ3) is 11.3. The molecule has 3 unspecified atom stereocenters.